The number of benzene rings is 2. The van der Waals surface area contributed by atoms with Crippen LogP contribution in [-0.4, -0.2) is 43.0 Å². The molecule has 0 unspecified atom stereocenters. The van der Waals surface area contributed by atoms with Crippen LogP contribution in [-0.2, 0) is 14.8 Å². The fraction of sp³-hybridized carbons (Fsp3) is 0.280. The van der Waals surface area contributed by atoms with Crippen LogP contribution in [0.2, 0.25) is 0 Å². The molecule has 2 aromatic heterocycles. The molecule has 8 nitrogen and oxygen atoms in total. The van der Waals surface area contributed by atoms with Gasteiger partial charge in [-0.2, -0.15) is 0 Å². The van der Waals surface area contributed by atoms with E-state index in [1.165, 1.54) is 17.4 Å². The van der Waals surface area contributed by atoms with Gasteiger partial charge in [0, 0.05) is 48.0 Å². The quantitative estimate of drug-likeness (QED) is 0.372. The lowest BCUT2D eigenvalue weighted by molar-refractivity contribution is -0.124. The molecule has 1 amide bonds. The van der Waals surface area contributed by atoms with Crippen LogP contribution in [0.25, 0.3) is 10.9 Å². The molecule has 0 bridgehead atoms. The number of aromatic nitrogens is 2. The molecule has 4 aromatic rings. The summed E-state index contributed by atoms with van der Waals surface area (Å²) in [5.74, 6) is -0.398. The highest BCUT2D eigenvalue weighted by Crippen LogP contribution is 2.25. The topological polar surface area (TPSA) is 96.3 Å². The van der Waals surface area contributed by atoms with Crippen molar-refractivity contribution >= 4 is 49.0 Å². The van der Waals surface area contributed by atoms with E-state index in [1.54, 1.807) is 58.7 Å². The van der Waals surface area contributed by atoms with Gasteiger partial charge in [0.05, 0.1) is 10.4 Å². The van der Waals surface area contributed by atoms with E-state index in [2.05, 4.69) is 19.9 Å². The number of carbonyl (C=O) groups is 1. The maximum atomic E-state index is 14.0. The van der Waals surface area contributed by atoms with E-state index in [0.29, 0.717) is 16.0 Å². The molecule has 188 valence electrons. The number of halogens is 1. The number of nitrogens with one attached hydrogen (secondary N) is 2. The van der Waals surface area contributed by atoms with Crippen molar-refractivity contribution in [2.75, 3.05) is 22.7 Å². The maximum absolute atomic E-state index is 14.0. The zero-order valence-corrected chi connectivity index (χ0v) is 21.2. The highest BCUT2D eigenvalue weighted by molar-refractivity contribution is 7.93. The van der Waals surface area contributed by atoms with Gasteiger partial charge in [0.15, 0.2) is 5.13 Å². The Kier molecular flexibility index (Phi) is 6.67. The molecule has 5 rings (SSSR count). The van der Waals surface area contributed by atoms with Crippen LogP contribution in [0.4, 0.5) is 15.2 Å². The highest BCUT2D eigenvalue weighted by atomic mass is 32.2. The fourth-order valence-electron chi connectivity index (χ4n) is 4.50. The molecule has 11 heteroatoms. The van der Waals surface area contributed by atoms with E-state index in [9.17, 15) is 17.6 Å². The minimum absolute atomic E-state index is 0.0388. The Morgan fingerprint density at radius 1 is 1.14 bits per heavy atom. The van der Waals surface area contributed by atoms with Crippen LogP contribution in [0.1, 0.15) is 25.8 Å². The first-order valence-electron chi connectivity index (χ1n) is 11.6. The molecular weight excluding hydrogens is 501 g/mol. The molecule has 3 heterocycles. The summed E-state index contributed by atoms with van der Waals surface area (Å²) in [6, 6.07) is 12.9. The van der Waals surface area contributed by atoms with E-state index < -0.39 is 16.1 Å². The van der Waals surface area contributed by atoms with Gasteiger partial charge < -0.3 is 14.8 Å². The standard InChI is InChI=1S/C25H26FN5O3S2/c1-17(31-15-11-21-22(26)3-2-4-23(21)31)24(32)28-18-9-13-30(14-10-18)19-5-7-20(8-6-19)36(33,34)29-25-27-12-16-35-25/h2-8,11-12,15-18H,9-10,13-14H2,1H3,(H,27,29)(H,28,32)/t17-/m0/s1. The van der Waals surface area contributed by atoms with Crippen molar-refractivity contribution in [1.82, 2.24) is 14.9 Å². The third-order valence-electron chi connectivity index (χ3n) is 6.51. The summed E-state index contributed by atoms with van der Waals surface area (Å²) >= 11 is 1.22. The summed E-state index contributed by atoms with van der Waals surface area (Å²) in [6.07, 6.45) is 4.83. The molecule has 1 aliphatic heterocycles. The summed E-state index contributed by atoms with van der Waals surface area (Å²) in [4.78, 5) is 19.2. The number of amides is 1. The number of hydrogen-bond donors (Lipinski definition) is 2. The molecule has 1 fully saturated rings. The number of carbonyl (C=O) groups excluding carboxylic acids is 1. The summed E-state index contributed by atoms with van der Waals surface area (Å²) in [5.41, 5.74) is 1.63. The molecule has 0 saturated carbocycles. The van der Waals surface area contributed by atoms with Gasteiger partial charge in [-0.3, -0.25) is 9.52 Å². The summed E-state index contributed by atoms with van der Waals surface area (Å²) in [6.45, 7) is 3.29. The Bertz CT molecular complexity index is 1460. The third kappa shape index (κ3) is 4.93. The first-order chi connectivity index (χ1) is 17.3. The number of fused-ring (bicyclic) bond motifs is 1. The van der Waals surface area contributed by atoms with Crippen molar-refractivity contribution in [3.63, 3.8) is 0 Å². The molecule has 0 aliphatic carbocycles. The molecule has 0 radical (unpaired) electrons. The van der Waals surface area contributed by atoms with Crippen molar-refractivity contribution in [2.45, 2.75) is 36.7 Å². The first-order valence-corrected chi connectivity index (χ1v) is 14.0. The predicted octanol–water partition coefficient (Wildman–Crippen LogP) is 4.38. The lowest BCUT2D eigenvalue weighted by atomic mass is 10.0. The minimum atomic E-state index is -3.69. The van der Waals surface area contributed by atoms with Crippen molar-refractivity contribution in [1.29, 1.82) is 0 Å². The zero-order valence-electron chi connectivity index (χ0n) is 19.6. The van der Waals surface area contributed by atoms with Crippen LogP contribution in [0, 0.1) is 5.82 Å². The van der Waals surface area contributed by atoms with Crippen molar-refractivity contribution < 1.29 is 17.6 Å². The van der Waals surface area contributed by atoms with Crippen LogP contribution >= 0.6 is 11.3 Å². The van der Waals surface area contributed by atoms with Gasteiger partial charge in [-0.15, -0.1) is 11.3 Å². The summed E-state index contributed by atoms with van der Waals surface area (Å²) < 4.78 is 43.4. The second kappa shape index (κ2) is 9.90. The SMILES string of the molecule is C[C@@H](C(=O)NC1CCN(c2ccc(S(=O)(=O)Nc3nccs3)cc2)CC1)n1ccc2c(F)cccc21. The molecule has 1 atom stereocenters. The van der Waals surface area contributed by atoms with Gasteiger partial charge in [0.25, 0.3) is 10.0 Å². The van der Waals surface area contributed by atoms with Gasteiger partial charge in [-0.25, -0.2) is 17.8 Å². The molecule has 1 aliphatic rings. The van der Waals surface area contributed by atoms with Gasteiger partial charge in [-0.05, 0) is 62.2 Å². The third-order valence-corrected chi connectivity index (χ3v) is 8.69. The number of thiazole rings is 1. The molecule has 1 saturated heterocycles. The monoisotopic (exact) mass is 527 g/mol. The van der Waals surface area contributed by atoms with E-state index in [0.717, 1.165) is 31.6 Å². The number of sulfonamides is 1. The Hall–Kier alpha value is -3.44. The second-order valence-corrected chi connectivity index (χ2v) is 11.4. The van der Waals surface area contributed by atoms with Gasteiger partial charge >= 0.3 is 0 Å². The molecule has 2 N–H and O–H groups in total. The van der Waals surface area contributed by atoms with Crippen LogP contribution < -0.4 is 14.9 Å². The van der Waals surface area contributed by atoms with E-state index in [4.69, 9.17) is 0 Å². The summed E-state index contributed by atoms with van der Waals surface area (Å²) in [7, 11) is -3.69. The van der Waals surface area contributed by atoms with Gasteiger partial charge in [0.1, 0.15) is 11.9 Å². The van der Waals surface area contributed by atoms with E-state index in [1.807, 2.05) is 13.0 Å². The van der Waals surface area contributed by atoms with E-state index in [-0.39, 0.29) is 22.7 Å². The number of hydrogen-bond acceptors (Lipinski definition) is 6. The number of nitrogens with zero attached hydrogens (tertiary/aromatic N) is 3. The van der Waals surface area contributed by atoms with Crippen LogP contribution in [0.3, 0.4) is 0 Å². The van der Waals surface area contributed by atoms with E-state index >= 15 is 0 Å². The maximum Gasteiger partial charge on any atom is 0.263 e. The number of piperidine rings is 1. The highest BCUT2D eigenvalue weighted by Gasteiger charge is 2.25. The molecule has 0 spiro atoms. The minimum Gasteiger partial charge on any atom is -0.371 e. The smallest absolute Gasteiger partial charge is 0.263 e. The second-order valence-electron chi connectivity index (χ2n) is 8.78. The normalized spacial score (nSPS) is 15.7. The van der Waals surface area contributed by atoms with Crippen LogP contribution in [0.15, 0.2) is 71.2 Å². The van der Waals surface area contributed by atoms with Crippen molar-refractivity contribution in [3.05, 3.63) is 72.1 Å². The Balaban J connectivity index is 1.17. The lowest BCUT2D eigenvalue weighted by Gasteiger charge is -2.34. The zero-order chi connectivity index (χ0) is 25.3. The molecular formula is C25H26FN5O3S2. The largest absolute Gasteiger partial charge is 0.371 e. The Morgan fingerprint density at radius 2 is 1.89 bits per heavy atom. The molecule has 36 heavy (non-hydrogen) atoms. The predicted molar refractivity (Wildman–Crippen MR) is 139 cm³/mol. The summed E-state index contributed by atoms with van der Waals surface area (Å²) in [5, 5.41) is 5.67. The first kappa shape index (κ1) is 24.3. The average Bonchev–Trinajstić information content (AvgIpc) is 3.54. The van der Waals surface area contributed by atoms with Crippen molar-refractivity contribution in [2.24, 2.45) is 0 Å². The molecule has 2 aromatic carbocycles. The Morgan fingerprint density at radius 3 is 2.58 bits per heavy atom. The fourth-order valence-corrected chi connectivity index (χ4v) is 6.29. The van der Waals surface area contributed by atoms with Gasteiger partial charge in [0.2, 0.25) is 5.91 Å². The average molecular weight is 528 g/mol. The van der Waals surface area contributed by atoms with Crippen LogP contribution in [0.5, 0.6) is 0 Å². The van der Waals surface area contributed by atoms with Gasteiger partial charge in [-0.1, -0.05) is 6.07 Å². The Labute approximate surface area is 212 Å². The van der Waals surface area contributed by atoms with Crippen molar-refractivity contribution in [3.8, 4) is 0 Å². The number of anilines is 2. The lowest BCUT2D eigenvalue weighted by Crippen LogP contribution is -2.46. The number of rotatable bonds is 7.